The maximum atomic E-state index is 6.16. The highest BCUT2D eigenvalue weighted by Gasteiger charge is 2.12. The Hall–Kier alpha value is -2.44. The Balaban J connectivity index is 2.02. The Bertz CT molecular complexity index is 785. The second-order valence-electron chi connectivity index (χ2n) is 4.63. The zero-order chi connectivity index (χ0) is 15.5. The molecule has 2 aromatic carbocycles. The Morgan fingerprint density at radius 3 is 2.59 bits per heavy atom. The monoisotopic (exact) mass is 315 g/mol. The van der Waals surface area contributed by atoms with E-state index in [-0.39, 0.29) is 0 Å². The number of tetrazole rings is 1. The predicted molar refractivity (Wildman–Crippen MR) is 84.0 cm³/mol. The number of methoxy groups -OCH3 is 1. The first-order valence-electron chi connectivity index (χ1n) is 6.64. The highest BCUT2D eigenvalue weighted by atomic mass is 35.5. The minimum atomic E-state index is 0.499. The van der Waals surface area contributed by atoms with Gasteiger partial charge in [0.05, 0.1) is 17.8 Å². The molecular formula is C15H14ClN5O. The van der Waals surface area contributed by atoms with Crippen molar-refractivity contribution in [3.63, 3.8) is 0 Å². The molecule has 1 heterocycles. The smallest absolute Gasteiger partial charge is 0.187 e. The lowest BCUT2D eigenvalue weighted by Crippen LogP contribution is -2.01. The summed E-state index contributed by atoms with van der Waals surface area (Å²) in [4.78, 5) is 0. The molecule has 0 aliphatic rings. The molecule has 0 saturated carbocycles. The van der Waals surface area contributed by atoms with Gasteiger partial charge in [-0.3, -0.25) is 0 Å². The summed E-state index contributed by atoms with van der Waals surface area (Å²) in [5.74, 6) is 1.23. The summed E-state index contributed by atoms with van der Waals surface area (Å²) in [7, 11) is 1.57. The van der Waals surface area contributed by atoms with E-state index in [4.69, 9.17) is 22.1 Å². The molecular weight excluding hydrogens is 302 g/mol. The second kappa shape index (κ2) is 6.13. The van der Waals surface area contributed by atoms with E-state index in [2.05, 4.69) is 15.5 Å². The number of aromatic nitrogens is 4. The van der Waals surface area contributed by atoms with E-state index in [9.17, 15) is 0 Å². The number of rotatable bonds is 4. The number of nitrogens with zero attached hydrogens (tertiary/aromatic N) is 4. The summed E-state index contributed by atoms with van der Waals surface area (Å²) >= 11 is 6.16. The van der Waals surface area contributed by atoms with Crippen LogP contribution in [0.5, 0.6) is 5.75 Å². The Kier molecular flexibility index (Phi) is 4.04. The van der Waals surface area contributed by atoms with Crippen molar-refractivity contribution in [3.8, 4) is 22.8 Å². The summed E-state index contributed by atoms with van der Waals surface area (Å²) in [6.07, 6.45) is 0. The second-order valence-corrected chi connectivity index (χ2v) is 5.04. The van der Waals surface area contributed by atoms with E-state index in [0.29, 0.717) is 23.1 Å². The molecule has 0 radical (unpaired) electrons. The summed E-state index contributed by atoms with van der Waals surface area (Å²) in [5, 5.41) is 12.4. The molecule has 22 heavy (non-hydrogen) atoms. The maximum Gasteiger partial charge on any atom is 0.187 e. The molecule has 0 saturated heterocycles. The largest absolute Gasteiger partial charge is 0.495 e. The van der Waals surface area contributed by atoms with Gasteiger partial charge in [-0.2, -0.15) is 4.68 Å². The Morgan fingerprint density at radius 1 is 1.18 bits per heavy atom. The molecule has 6 nitrogen and oxygen atoms in total. The van der Waals surface area contributed by atoms with Crippen molar-refractivity contribution >= 4 is 11.6 Å². The summed E-state index contributed by atoms with van der Waals surface area (Å²) in [5.41, 5.74) is 8.32. The molecule has 2 N–H and O–H groups in total. The third-order valence-electron chi connectivity index (χ3n) is 3.30. The summed E-state index contributed by atoms with van der Waals surface area (Å²) in [6, 6.07) is 13.2. The molecule has 0 fully saturated rings. The Morgan fingerprint density at radius 2 is 1.95 bits per heavy atom. The number of hydrogen-bond donors (Lipinski definition) is 1. The van der Waals surface area contributed by atoms with E-state index >= 15 is 0 Å². The topological polar surface area (TPSA) is 78.8 Å². The van der Waals surface area contributed by atoms with E-state index in [1.807, 2.05) is 30.3 Å². The van der Waals surface area contributed by atoms with Crippen molar-refractivity contribution in [2.24, 2.45) is 5.73 Å². The summed E-state index contributed by atoms with van der Waals surface area (Å²) < 4.78 is 6.78. The zero-order valence-corrected chi connectivity index (χ0v) is 12.7. The molecule has 1 aromatic heterocycles. The van der Waals surface area contributed by atoms with Gasteiger partial charge in [-0.1, -0.05) is 35.9 Å². The van der Waals surface area contributed by atoms with Crippen molar-refractivity contribution in [3.05, 3.63) is 53.1 Å². The van der Waals surface area contributed by atoms with Crippen LogP contribution in [0.2, 0.25) is 5.02 Å². The minimum Gasteiger partial charge on any atom is -0.495 e. The van der Waals surface area contributed by atoms with Crippen LogP contribution in [0.4, 0.5) is 0 Å². The standard InChI is InChI=1S/C15H14ClN5O/c1-22-14-7-6-12(8-13(14)16)21-15(18-19-20-21)11-4-2-10(9-17)3-5-11/h2-8H,9,17H2,1H3. The van der Waals surface area contributed by atoms with Crippen LogP contribution in [0, 0.1) is 0 Å². The van der Waals surface area contributed by atoms with E-state index in [0.717, 1.165) is 16.8 Å². The lowest BCUT2D eigenvalue weighted by molar-refractivity contribution is 0.415. The minimum absolute atomic E-state index is 0.499. The Labute approximate surface area is 132 Å². The first kappa shape index (κ1) is 14.5. The molecule has 112 valence electrons. The van der Waals surface area contributed by atoms with E-state index < -0.39 is 0 Å². The molecule has 3 rings (SSSR count). The molecule has 0 spiro atoms. The first-order chi connectivity index (χ1) is 10.7. The van der Waals surface area contributed by atoms with Gasteiger partial charge in [-0.25, -0.2) is 0 Å². The molecule has 0 unspecified atom stereocenters. The van der Waals surface area contributed by atoms with Gasteiger partial charge in [-0.15, -0.1) is 5.10 Å². The fourth-order valence-electron chi connectivity index (χ4n) is 2.12. The van der Waals surface area contributed by atoms with Gasteiger partial charge < -0.3 is 10.5 Å². The van der Waals surface area contributed by atoms with Crippen LogP contribution in [0.25, 0.3) is 17.1 Å². The molecule has 7 heteroatoms. The van der Waals surface area contributed by atoms with Gasteiger partial charge >= 0.3 is 0 Å². The van der Waals surface area contributed by atoms with Crippen LogP contribution in [0.15, 0.2) is 42.5 Å². The molecule has 0 atom stereocenters. The molecule has 0 amide bonds. The van der Waals surface area contributed by atoms with Gasteiger partial charge in [0.2, 0.25) is 0 Å². The fraction of sp³-hybridized carbons (Fsp3) is 0.133. The number of hydrogen-bond acceptors (Lipinski definition) is 5. The van der Waals surface area contributed by atoms with Gasteiger partial charge in [0, 0.05) is 12.1 Å². The zero-order valence-electron chi connectivity index (χ0n) is 11.9. The van der Waals surface area contributed by atoms with Crippen molar-refractivity contribution < 1.29 is 4.74 Å². The SMILES string of the molecule is COc1ccc(-n2nnnc2-c2ccc(CN)cc2)cc1Cl. The lowest BCUT2D eigenvalue weighted by atomic mass is 10.1. The normalized spacial score (nSPS) is 10.7. The van der Waals surface area contributed by atoms with Crippen molar-refractivity contribution in [2.45, 2.75) is 6.54 Å². The van der Waals surface area contributed by atoms with Crippen LogP contribution < -0.4 is 10.5 Å². The number of benzene rings is 2. The summed E-state index contributed by atoms with van der Waals surface area (Å²) in [6.45, 7) is 0.499. The third kappa shape index (κ3) is 2.66. The number of ether oxygens (including phenoxy) is 1. The van der Waals surface area contributed by atoms with Crippen molar-refractivity contribution in [1.82, 2.24) is 20.2 Å². The first-order valence-corrected chi connectivity index (χ1v) is 7.02. The quantitative estimate of drug-likeness (QED) is 0.800. The van der Waals surface area contributed by atoms with E-state index in [1.165, 1.54) is 0 Å². The average molecular weight is 316 g/mol. The molecule has 3 aromatic rings. The number of halogens is 1. The van der Waals surface area contributed by atoms with Crippen molar-refractivity contribution in [2.75, 3.05) is 7.11 Å². The van der Waals surface area contributed by atoms with Crippen LogP contribution in [0.1, 0.15) is 5.56 Å². The molecule has 0 aliphatic heterocycles. The van der Waals surface area contributed by atoms with E-state index in [1.54, 1.807) is 23.9 Å². The van der Waals surface area contributed by atoms with Gasteiger partial charge in [0.1, 0.15) is 5.75 Å². The van der Waals surface area contributed by atoms with Crippen LogP contribution in [-0.4, -0.2) is 27.3 Å². The molecule has 0 aliphatic carbocycles. The molecule has 0 bridgehead atoms. The highest BCUT2D eigenvalue weighted by molar-refractivity contribution is 6.32. The van der Waals surface area contributed by atoms with Crippen LogP contribution in [0.3, 0.4) is 0 Å². The average Bonchev–Trinajstić information content (AvgIpc) is 3.04. The van der Waals surface area contributed by atoms with Gasteiger partial charge in [-0.05, 0) is 34.2 Å². The predicted octanol–water partition coefficient (Wildman–Crippen LogP) is 2.45. The van der Waals surface area contributed by atoms with Crippen molar-refractivity contribution in [1.29, 1.82) is 0 Å². The number of nitrogens with two attached hydrogens (primary N) is 1. The van der Waals surface area contributed by atoms with Crippen LogP contribution in [-0.2, 0) is 6.54 Å². The van der Waals surface area contributed by atoms with Gasteiger partial charge in [0.15, 0.2) is 5.82 Å². The fourth-order valence-corrected chi connectivity index (χ4v) is 2.37. The van der Waals surface area contributed by atoms with Gasteiger partial charge in [0.25, 0.3) is 0 Å². The maximum absolute atomic E-state index is 6.16. The third-order valence-corrected chi connectivity index (χ3v) is 3.59. The lowest BCUT2D eigenvalue weighted by Gasteiger charge is -2.08. The highest BCUT2D eigenvalue weighted by Crippen LogP contribution is 2.28. The van der Waals surface area contributed by atoms with Crippen LogP contribution >= 0.6 is 11.6 Å².